The van der Waals surface area contributed by atoms with Crippen molar-refractivity contribution in [2.24, 2.45) is 5.11 Å². The van der Waals surface area contributed by atoms with E-state index in [-0.39, 0.29) is 22.9 Å². The number of nitrogens with zero attached hydrogens (tertiary/aromatic N) is 4. The van der Waals surface area contributed by atoms with Crippen LogP contribution in [-0.4, -0.2) is 6.54 Å². The molecule has 7 heteroatoms. The van der Waals surface area contributed by atoms with E-state index in [0.29, 0.717) is 6.42 Å². The molecule has 2 rings (SSSR count). The largest absolute Gasteiger partial charge is 0.484 e. The maximum atomic E-state index is 13.5. The van der Waals surface area contributed by atoms with Crippen molar-refractivity contribution in [3.8, 4) is 11.8 Å². The molecule has 116 valence electrons. The van der Waals surface area contributed by atoms with E-state index in [2.05, 4.69) is 10.0 Å². The minimum atomic E-state index is -0.680. The number of ether oxygens (including phenoxy) is 1. The number of hydrogen-bond donors (Lipinski definition) is 0. The summed E-state index contributed by atoms with van der Waals surface area (Å²) in [6.07, 6.45) is -0.0381. The molecule has 0 amide bonds. The molecule has 0 aliphatic carbocycles. The van der Waals surface area contributed by atoms with E-state index < -0.39 is 11.9 Å². The number of benzene rings is 2. The predicted octanol–water partition coefficient (Wildman–Crippen LogP) is 5.17. The van der Waals surface area contributed by atoms with E-state index in [1.807, 2.05) is 36.4 Å². The van der Waals surface area contributed by atoms with Crippen LogP contribution in [0.2, 0.25) is 5.02 Å². The Kier molecular flexibility index (Phi) is 5.81. The molecule has 5 nitrogen and oxygen atoms in total. The van der Waals surface area contributed by atoms with Crippen molar-refractivity contribution in [3.05, 3.63) is 74.9 Å². The molecule has 0 unspecified atom stereocenters. The van der Waals surface area contributed by atoms with Crippen LogP contribution in [0.15, 0.2) is 47.6 Å². The average Bonchev–Trinajstić information content (AvgIpc) is 2.57. The molecule has 0 bridgehead atoms. The Labute approximate surface area is 137 Å². The summed E-state index contributed by atoms with van der Waals surface area (Å²) in [5.41, 5.74) is 9.31. The Bertz CT molecular complexity index is 770. The van der Waals surface area contributed by atoms with Gasteiger partial charge in [-0.05, 0) is 23.6 Å². The van der Waals surface area contributed by atoms with Gasteiger partial charge in [0, 0.05) is 17.5 Å². The van der Waals surface area contributed by atoms with Crippen LogP contribution in [0.4, 0.5) is 4.39 Å². The summed E-state index contributed by atoms with van der Waals surface area (Å²) in [5.74, 6) is -0.491. The Morgan fingerprint density at radius 3 is 2.74 bits per heavy atom. The van der Waals surface area contributed by atoms with Crippen LogP contribution < -0.4 is 4.74 Å². The summed E-state index contributed by atoms with van der Waals surface area (Å²) >= 11 is 5.77. The van der Waals surface area contributed by atoms with Gasteiger partial charge in [0.15, 0.2) is 0 Å². The van der Waals surface area contributed by atoms with E-state index in [1.54, 1.807) is 0 Å². The molecular weight excluding hydrogens is 319 g/mol. The summed E-state index contributed by atoms with van der Waals surface area (Å²) in [5, 5.41) is 12.5. The van der Waals surface area contributed by atoms with Crippen LogP contribution in [0.1, 0.15) is 23.7 Å². The van der Waals surface area contributed by atoms with E-state index in [9.17, 15) is 4.39 Å². The van der Waals surface area contributed by atoms with Gasteiger partial charge < -0.3 is 4.74 Å². The highest BCUT2D eigenvalue weighted by atomic mass is 35.5. The van der Waals surface area contributed by atoms with Crippen LogP contribution in [-0.2, 0) is 0 Å². The van der Waals surface area contributed by atoms with Gasteiger partial charge in [0.25, 0.3) is 0 Å². The van der Waals surface area contributed by atoms with Crippen LogP contribution in [0.25, 0.3) is 10.4 Å². The van der Waals surface area contributed by atoms with Crippen molar-refractivity contribution < 1.29 is 9.13 Å². The van der Waals surface area contributed by atoms with E-state index >= 15 is 0 Å². The van der Waals surface area contributed by atoms with Gasteiger partial charge in [0.2, 0.25) is 0 Å². The molecule has 0 fully saturated rings. The highest BCUT2D eigenvalue weighted by Gasteiger charge is 2.17. The molecule has 23 heavy (non-hydrogen) atoms. The van der Waals surface area contributed by atoms with Crippen molar-refractivity contribution in [3.63, 3.8) is 0 Å². The molecule has 0 saturated heterocycles. The smallest absolute Gasteiger partial charge is 0.143 e. The number of halogens is 2. The van der Waals surface area contributed by atoms with Gasteiger partial charge in [-0.25, -0.2) is 4.39 Å². The SMILES string of the molecule is N#Cc1cc(F)c(Cl)cc1O[C@H](CCN=[N+]=[N-])c1ccccc1. The monoisotopic (exact) mass is 330 g/mol. The number of nitriles is 1. The third-order valence-corrected chi connectivity index (χ3v) is 3.43. The quantitative estimate of drug-likeness (QED) is 0.416. The number of hydrogen-bond acceptors (Lipinski definition) is 3. The summed E-state index contributed by atoms with van der Waals surface area (Å²) in [6.45, 7) is 0.229. The van der Waals surface area contributed by atoms with Crippen LogP contribution in [0, 0.1) is 17.1 Å². The molecular formula is C16H12ClFN4O. The van der Waals surface area contributed by atoms with Gasteiger partial charge in [-0.3, -0.25) is 0 Å². The van der Waals surface area contributed by atoms with Crippen molar-refractivity contribution in [1.29, 1.82) is 5.26 Å². The second-order valence-electron chi connectivity index (χ2n) is 4.63. The molecule has 0 saturated carbocycles. The number of rotatable bonds is 6. The standard InChI is InChI=1S/C16H12ClFN4O/c17-13-9-16(12(10-19)8-14(13)18)23-15(6-7-21-22-20)11-4-2-1-3-5-11/h1-5,8-9,15H,6-7H2/t15-/m1/s1. The zero-order chi connectivity index (χ0) is 16.7. The summed E-state index contributed by atoms with van der Waals surface area (Å²) in [6, 6.07) is 13.5. The van der Waals surface area contributed by atoms with Gasteiger partial charge in [-0.1, -0.05) is 47.0 Å². The Hall–Kier alpha value is -2.74. The van der Waals surface area contributed by atoms with Crippen LogP contribution in [0.3, 0.4) is 0 Å². The second-order valence-corrected chi connectivity index (χ2v) is 5.04. The Morgan fingerprint density at radius 1 is 1.35 bits per heavy atom. The second kappa shape index (κ2) is 8.04. The summed E-state index contributed by atoms with van der Waals surface area (Å²) < 4.78 is 19.3. The lowest BCUT2D eigenvalue weighted by molar-refractivity contribution is 0.197. The molecule has 0 aliphatic heterocycles. The molecule has 0 heterocycles. The van der Waals surface area contributed by atoms with Crippen molar-refractivity contribution in [1.82, 2.24) is 0 Å². The molecule has 0 spiro atoms. The minimum Gasteiger partial charge on any atom is -0.484 e. The predicted molar refractivity (Wildman–Crippen MR) is 84.6 cm³/mol. The normalized spacial score (nSPS) is 11.2. The van der Waals surface area contributed by atoms with Crippen LogP contribution in [0.5, 0.6) is 5.75 Å². The average molecular weight is 331 g/mol. The maximum Gasteiger partial charge on any atom is 0.143 e. The van der Waals surface area contributed by atoms with E-state index in [4.69, 9.17) is 27.1 Å². The lowest BCUT2D eigenvalue weighted by atomic mass is 10.1. The third-order valence-electron chi connectivity index (χ3n) is 3.14. The van der Waals surface area contributed by atoms with Gasteiger partial charge in [-0.15, -0.1) is 0 Å². The molecule has 0 aromatic heterocycles. The zero-order valence-electron chi connectivity index (χ0n) is 12.0. The molecule has 0 N–H and O–H groups in total. The molecule has 1 atom stereocenters. The zero-order valence-corrected chi connectivity index (χ0v) is 12.7. The fourth-order valence-electron chi connectivity index (χ4n) is 2.05. The lowest BCUT2D eigenvalue weighted by Crippen LogP contribution is -2.10. The number of azide groups is 1. The van der Waals surface area contributed by atoms with Gasteiger partial charge in [0.05, 0.1) is 10.6 Å². The summed E-state index contributed by atoms with van der Waals surface area (Å²) in [7, 11) is 0. The van der Waals surface area contributed by atoms with Gasteiger partial charge in [-0.2, -0.15) is 5.26 Å². The highest BCUT2D eigenvalue weighted by molar-refractivity contribution is 6.30. The first-order valence-electron chi connectivity index (χ1n) is 6.77. The molecule has 2 aromatic rings. The first-order chi connectivity index (χ1) is 11.2. The Balaban J connectivity index is 2.32. The maximum absolute atomic E-state index is 13.5. The summed E-state index contributed by atoms with van der Waals surface area (Å²) in [4.78, 5) is 2.71. The van der Waals surface area contributed by atoms with E-state index in [0.717, 1.165) is 11.6 Å². The van der Waals surface area contributed by atoms with Gasteiger partial charge in [0.1, 0.15) is 23.7 Å². The fraction of sp³-hybridized carbons (Fsp3) is 0.188. The molecule has 0 aliphatic rings. The first-order valence-corrected chi connectivity index (χ1v) is 7.15. The van der Waals surface area contributed by atoms with Crippen molar-refractivity contribution >= 4 is 11.6 Å². The fourth-order valence-corrected chi connectivity index (χ4v) is 2.20. The third kappa shape index (κ3) is 4.36. The Morgan fingerprint density at radius 2 is 2.09 bits per heavy atom. The lowest BCUT2D eigenvalue weighted by Gasteiger charge is -2.20. The van der Waals surface area contributed by atoms with Crippen LogP contribution >= 0.6 is 11.6 Å². The topological polar surface area (TPSA) is 81.8 Å². The van der Waals surface area contributed by atoms with Crippen molar-refractivity contribution in [2.75, 3.05) is 6.54 Å². The first kappa shape index (κ1) is 16.6. The minimum absolute atomic E-state index is 0.0524. The highest BCUT2D eigenvalue weighted by Crippen LogP contribution is 2.31. The van der Waals surface area contributed by atoms with E-state index in [1.165, 1.54) is 6.07 Å². The molecule has 0 radical (unpaired) electrons. The van der Waals surface area contributed by atoms with Crippen molar-refractivity contribution in [2.45, 2.75) is 12.5 Å². The van der Waals surface area contributed by atoms with Gasteiger partial charge >= 0.3 is 0 Å². The molecule has 2 aromatic carbocycles.